The molecule has 2 aromatic carbocycles. The highest BCUT2D eigenvalue weighted by Crippen LogP contribution is 2.35. The van der Waals surface area contributed by atoms with Crippen LogP contribution in [-0.2, 0) is 13.0 Å². The molecule has 0 heterocycles. The second-order valence-corrected chi connectivity index (χ2v) is 6.54. The second-order valence-electron chi connectivity index (χ2n) is 4.83. The van der Waals surface area contributed by atoms with Gasteiger partial charge in [-0.3, -0.25) is 0 Å². The van der Waals surface area contributed by atoms with Crippen LogP contribution in [0.25, 0.3) is 0 Å². The van der Waals surface area contributed by atoms with Crippen LogP contribution >= 0.6 is 47.8 Å². The van der Waals surface area contributed by atoms with Gasteiger partial charge in [-0.2, -0.15) is 0 Å². The van der Waals surface area contributed by atoms with Crippen LogP contribution in [0.3, 0.4) is 0 Å². The minimum absolute atomic E-state index is 0.0443. The number of halogens is 3. The summed E-state index contributed by atoms with van der Waals surface area (Å²) in [6.45, 7) is -0.0443. The molecule has 7 heteroatoms. The van der Waals surface area contributed by atoms with E-state index in [4.69, 9.17) is 14.2 Å². The first-order chi connectivity index (χ1) is 11.6. The third kappa shape index (κ3) is 4.65. The van der Waals surface area contributed by atoms with Crippen molar-refractivity contribution in [2.45, 2.75) is 13.0 Å². The summed E-state index contributed by atoms with van der Waals surface area (Å²) in [5.41, 5.74) is 3.58. The van der Waals surface area contributed by atoms with Gasteiger partial charge >= 0.3 is 0 Å². The first-order valence-electron chi connectivity index (χ1n) is 7.10. The molecule has 0 saturated carbocycles. The van der Waals surface area contributed by atoms with Gasteiger partial charge in [0, 0.05) is 12.5 Å². The molecule has 0 atom stereocenters. The number of aliphatic hydroxyl groups is 1. The first-order valence-corrected chi connectivity index (χ1v) is 10.1. The maximum absolute atomic E-state index is 9.65. The van der Waals surface area contributed by atoms with Crippen molar-refractivity contribution in [1.82, 2.24) is 0 Å². The summed E-state index contributed by atoms with van der Waals surface area (Å²) in [7, 11) is 1.62. The third-order valence-electron chi connectivity index (χ3n) is 3.53. The van der Waals surface area contributed by atoms with E-state index in [1.165, 1.54) is 0 Å². The van der Waals surface area contributed by atoms with Crippen LogP contribution in [0.15, 0.2) is 34.8 Å². The number of hydrogen-bond acceptors (Lipinski definition) is 4. The molecule has 1 N–H and O–H groups in total. The number of aliphatic hydroxyl groups excluding tert-OH is 1. The normalized spacial score (nSPS) is 10.5. The van der Waals surface area contributed by atoms with E-state index in [0.29, 0.717) is 17.5 Å². The molecule has 0 spiro atoms. The Hall–Kier alpha value is -0.760. The van der Waals surface area contributed by atoms with Crippen molar-refractivity contribution in [3.05, 3.63) is 51.5 Å². The number of alkyl halides is 2. The summed E-state index contributed by atoms with van der Waals surface area (Å²) in [4.78, 5) is 0. The molecule has 0 unspecified atom stereocenters. The van der Waals surface area contributed by atoms with Crippen LogP contribution in [0.5, 0.6) is 17.2 Å². The number of hydrogen-bond donors (Lipinski definition) is 1. The van der Waals surface area contributed by atoms with Crippen molar-refractivity contribution in [1.29, 1.82) is 0 Å². The SMILES string of the molecule is COc1ccc(CO)c(Cc2ccc(OCBr)cc2OCBr)c1Br. The van der Waals surface area contributed by atoms with Crippen molar-refractivity contribution < 1.29 is 19.3 Å². The Morgan fingerprint density at radius 1 is 0.958 bits per heavy atom. The Labute approximate surface area is 166 Å². The summed E-state index contributed by atoms with van der Waals surface area (Å²) in [5, 5.41) is 9.65. The van der Waals surface area contributed by atoms with Gasteiger partial charge in [-0.1, -0.05) is 12.1 Å². The quantitative estimate of drug-likeness (QED) is 0.494. The zero-order valence-corrected chi connectivity index (χ0v) is 17.8. The van der Waals surface area contributed by atoms with E-state index in [-0.39, 0.29) is 6.61 Å². The predicted octanol–water partition coefficient (Wildman–Crippen LogP) is 5.00. The van der Waals surface area contributed by atoms with Crippen LogP contribution < -0.4 is 14.2 Å². The Bertz CT molecular complexity index is 692. The van der Waals surface area contributed by atoms with Crippen molar-refractivity contribution in [2.75, 3.05) is 18.1 Å². The van der Waals surface area contributed by atoms with E-state index in [9.17, 15) is 5.11 Å². The van der Waals surface area contributed by atoms with Crippen LogP contribution in [0, 0.1) is 0 Å². The van der Waals surface area contributed by atoms with E-state index in [2.05, 4.69) is 47.8 Å². The molecule has 0 amide bonds. The van der Waals surface area contributed by atoms with Gasteiger partial charge in [-0.25, -0.2) is 0 Å². The summed E-state index contributed by atoms with van der Waals surface area (Å²) in [5.74, 6) is 2.17. The average Bonchev–Trinajstić information content (AvgIpc) is 2.59. The summed E-state index contributed by atoms with van der Waals surface area (Å²) in [6.07, 6.45) is 0.588. The largest absolute Gasteiger partial charge is 0.496 e. The van der Waals surface area contributed by atoms with E-state index < -0.39 is 0 Å². The molecule has 0 radical (unpaired) electrons. The highest BCUT2D eigenvalue weighted by Gasteiger charge is 2.15. The van der Waals surface area contributed by atoms with Gasteiger partial charge in [0.25, 0.3) is 0 Å². The monoisotopic (exact) mass is 522 g/mol. The van der Waals surface area contributed by atoms with E-state index >= 15 is 0 Å². The fourth-order valence-electron chi connectivity index (χ4n) is 2.35. The van der Waals surface area contributed by atoms with Gasteiger partial charge in [0.15, 0.2) is 0 Å². The molecule has 130 valence electrons. The van der Waals surface area contributed by atoms with Crippen molar-refractivity contribution in [3.8, 4) is 17.2 Å². The highest BCUT2D eigenvalue weighted by atomic mass is 79.9. The van der Waals surface area contributed by atoms with Gasteiger partial charge in [-0.15, -0.1) is 0 Å². The fraction of sp³-hybridized carbons (Fsp3) is 0.294. The Kier molecular flexibility index (Phi) is 7.87. The lowest BCUT2D eigenvalue weighted by Gasteiger charge is -2.16. The van der Waals surface area contributed by atoms with Gasteiger partial charge in [0.05, 0.1) is 18.2 Å². The molecule has 0 aliphatic rings. The Morgan fingerprint density at radius 2 is 1.67 bits per heavy atom. The second kappa shape index (κ2) is 9.65. The van der Waals surface area contributed by atoms with Crippen molar-refractivity contribution in [3.63, 3.8) is 0 Å². The van der Waals surface area contributed by atoms with Crippen molar-refractivity contribution in [2.24, 2.45) is 0 Å². The summed E-state index contributed by atoms with van der Waals surface area (Å²) >= 11 is 10.1. The molecule has 2 aromatic rings. The van der Waals surface area contributed by atoms with Crippen LogP contribution in [0.2, 0.25) is 0 Å². The Morgan fingerprint density at radius 3 is 2.29 bits per heavy atom. The molecular formula is C17H17Br3O4. The van der Waals surface area contributed by atoms with E-state index in [1.807, 2.05) is 30.3 Å². The predicted molar refractivity (Wildman–Crippen MR) is 105 cm³/mol. The van der Waals surface area contributed by atoms with Gasteiger partial charge < -0.3 is 19.3 Å². The average molecular weight is 525 g/mol. The molecule has 0 bridgehead atoms. The lowest BCUT2D eigenvalue weighted by atomic mass is 9.99. The van der Waals surface area contributed by atoms with Crippen LogP contribution in [0.1, 0.15) is 16.7 Å². The minimum Gasteiger partial charge on any atom is -0.496 e. The van der Waals surface area contributed by atoms with E-state index in [1.54, 1.807) is 7.11 Å². The molecule has 4 nitrogen and oxygen atoms in total. The first kappa shape index (κ1) is 19.6. The van der Waals surface area contributed by atoms with Gasteiger partial charge in [0.1, 0.15) is 28.3 Å². The van der Waals surface area contributed by atoms with Crippen molar-refractivity contribution >= 4 is 47.8 Å². The molecule has 0 aromatic heterocycles. The van der Waals surface area contributed by atoms with E-state index in [0.717, 1.165) is 38.4 Å². The number of methoxy groups -OCH3 is 1. The maximum atomic E-state index is 9.65. The van der Waals surface area contributed by atoms with Gasteiger partial charge in [-0.05, 0) is 76.6 Å². The van der Waals surface area contributed by atoms with Crippen LogP contribution in [0.4, 0.5) is 0 Å². The molecule has 24 heavy (non-hydrogen) atoms. The number of benzene rings is 2. The zero-order chi connectivity index (χ0) is 17.5. The smallest absolute Gasteiger partial charge is 0.143 e. The number of ether oxygens (including phenoxy) is 3. The van der Waals surface area contributed by atoms with Gasteiger partial charge in [0.2, 0.25) is 0 Å². The summed E-state index contributed by atoms with van der Waals surface area (Å²) in [6, 6.07) is 9.41. The fourth-order valence-corrected chi connectivity index (χ4v) is 3.55. The number of rotatable bonds is 8. The molecule has 0 aliphatic carbocycles. The maximum Gasteiger partial charge on any atom is 0.143 e. The topological polar surface area (TPSA) is 47.9 Å². The molecule has 2 rings (SSSR count). The minimum atomic E-state index is -0.0443. The highest BCUT2D eigenvalue weighted by molar-refractivity contribution is 9.10. The molecule has 0 fully saturated rings. The lowest BCUT2D eigenvalue weighted by molar-refractivity contribution is 0.280. The lowest BCUT2D eigenvalue weighted by Crippen LogP contribution is -2.02. The molecule has 0 saturated heterocycles. The van der Waals surface area contributed by atoms with Crippen LogP contribution in [-0.4, -0.2) is 23.2 Å². The third-order valence-corrected chi connectivity index (χ3v) is 4.86. The molecule has 0 aliphatic heterocycles. The zero-order valence-electron chi connectivity index (χ0n) is 13.0. The summed E-state index contributed by atoms with van der Waals surface area (Å²) < 4.78 is 17.3. The Balaban J connectivity index is 2.43. The molecular weight excluding hydrogens is 508 g/mol. The standard InChI is InChI=1S/C17H17Br3O4/c1-22-15-5-3-12(8-21)14(17(15)20)6-11-2-4-13(23-9-18)7-16(11)24-10-19/h2-5,7,21H,6,8-10H2,1H3.